The monoisotopic (exact) mass is 564 g/mol. The minimum Gasteiger partial charge on any atom is -0.348 e. The van der Waals surface area contributed by atoms with Crippen molar-refractivity contribution in [2.24, 2.45) is 0 Å². The maximum absolute atomic E-state index is 14.9. The Morgan fingerprint density at radius 2 is 1.64 bits per heavy atom. The number of carbonyl (C=O) groups excluding carboxylic acids is 2. The summed E-state index contributed by atoms with van der Waals surface area (Å²) in [6, 6.07) is 8.30. The van der Waals surface area contributed by atoms with Crippen LogP contribution in [0.3, 0.4) is 0 Å². The Bertz CT molecular complexity index is 1560. The Morgan fingerprint density at radius 3 is 2.28 bits per heavy atom. The van der Waals surface area contributed by atoms with Gasteiger partial charge >= 0.3 is 6.03 Å². The molecule has 0 fully saturated rings. The summed E-state index contributed by atoms with van der Waals surface area (Å²) in [4.78, 5) is 28.8. The van der Waals surface area contributed by atoms with E-state index in [0.29, 0.717) is 17.7 Å². The van der Waals surface area contributed by atoms with Gasteiger partial charge in [0.1, 0.15) is 23.3 Å². The van der Waals surface area contributed by atoms with Crippen LogP contribution in [0, 0.1) is 23.3 Å². The van der Waals surface area contributed by atoms with Gasteiger partial charge in [0.05, 0.1) is 30.2 Å². The molecule has 3 amide bonds. The number of benzene rings is 3. The van der Waals surface area contributed by atoms with E-state index >= 15 is 0 Å². The predicted molar refractivity (Wildman–Crippen MR) is 137 cm³/mol. The molecule has 206 valence electrons. The minimum atomic E-state index is -3.76. The highest BCUT2D eigenvalue weighted by molar-refractivity contribution is 7.92. The summed E-state index contributed by atoms with van der Waals surface area (Å²) in [5, 5.41) is 2.37. The minimum absolute atomic E-state index is 0.0363. The molecule has 1 heterocycles. The van der Waals surface area contributed by atoms with Gasteiger partial charge in [0.2, 0.25) is 10.0 Å². The van der Waals surface area contributed by atoms with Gasteiger partial charge in [-0.15, -0.1) is 0 Å². The van der Waals surface area contributed by atoms with E-state index < -0.39 is 63.4 Å². The van der Waals surface area contributed by atoms with Crippen LogP contribution in [0.15, 0.2) is 48.5 Å². The van der Waals surface area contributed by atoms with Crippen molar-refractivity contribution in [2.45, 2.75) is 26.1 Å². The number of nitrogens with zero attached hydrogens (tertiary/aromatic N) is 2. The zero-order valence-electron chi connectivity index (χ0n) is 21.1. The molecule has 1 atom stereocenters. The van der Waals surface area contributed by atoms with Gasteiger partial charge in [-0.05, 0) is 36.8 Å². The summed E-state index contributed by atoms with van der Waals surface area (Å²) in [5.74, 6) is -4.89. The van der Waals surface area contributed by atoms with Crippen molar-refractivity contribution in [3.8, 4) is 0 Å². The smallest absolute Gasteiger partial charge is 0.325 e. The number of carbonyl (C=O) groups is 2. The Hall–Kier alpha value is -4.13. The SMILES string of the molecule is CC1c2ccc(C(=O)NCc3c(F)cc(F)cc3F)cc2N(Cc2c(F)cccc2NS(C)(=O)=O)C(=O)N1C. The Kier molecular flexibility index (Phi) is 7.55. The number of urea groups is 1. The third kappa shape index (κ3) is 5.82. The molecule has 8 nitrogen and oxygen atoms in total. The van der Waals surface area contributed by atoms with Crippen LogP contribution >= 0.6 is 0 Å². The van der Waals surface area contributed by atoms with Crippen molar-refractivity contribution in [3.05, 3.63) is 94.1 Å². The molecule has 0 saturated carbocycles. The number of hydrogen-bond acceptors (Lipinski definition) is 4. The maximum atomic E-state index is 14.9. The Morgan fingerprint density at radius 1 is 0.974 bits per heavy atom. The van der Waals surface area contributed by atoms with Crippen LogP contribution in [0.5, 0.6) is 0 Å². The molecule has 0 aliphatic carbocycles. The van der Waals surface area contributed by atoms with Crippen LogP contribution in [0.1, 0.15) is 40.0 Å². The number of rotatable bonds is 7. The fourth-order valence-corrected chi connectivity index (χ4v) is 4.87. The molecule has 13 heteroatoms. The first-order valence-corrected chi connectivity index (χ1v) is 13.5. The van der Waals surface area contributed by atoms with Gasteiger partial charge < -0.3 is 10.2 Å². The molecule has 3 aromatic carbocycles. The van der Waals surface area contributed by atoms with Crippen molar-refractivity contribution in [3.63, 3.8) is 0 Å². The quantitative estimate of drug-likeness (QED) is 0.408. The van der Waals surface area contributed by atoms with E-state index in [9.17, 15) is 35.6 Å². The summed E-state index contributed by atoms with van der Waals surface area (Å²) in [6.07, 6.45) is 0.910. The predicted octanol–water partition coefficient (Wildman–Crippen LogP) is 4.68. The molecule has 3 aromatic rings. The number of hydrogen-bond donors (Lipinski definition) is 2. The average molecular weight is 565 g/mol. The normalized spacial score (nSPS) is 15.3. The third-order valence-electron chi connectivity index (χ3n) is 6.41. The first kappa shape index (κ1) is 27.9. The van der Waals surface area contributed by atoms with E-state index in [1.54, 1.807) is 20.0 Å². The summed E-state index contributed by atoms with van der Waals surface area (Å²) in [7, 11) is -2.22. The second kappa shape index (κ2) is 10.6. The number of anilines is 2. The van der Waals surface area contributed by atoms with Crippen molar-refractivity contribution < 1.29 is 35.6 Å². The van der Waals surface area contributed by atoms with Crippen LogP contribution < -0.4 is 14.9 Å². The Labute approximate surface area is 222 Å². The van der Waals surface area contributed by atoms with E-state index in [4.69, 9.17) is 0 Å². The molecule has 1 aliphatic heterocycles. The first-order valence-electron chi connectivity index (χ1n) is 11.6. The third-order valence-corrected chi connectivity index (χ3v) is 7.00. The summed E-state index contributed by atoms with van der Waals surface area (Å²) in [5.41, 5.74) is 0.256. The van der Waals surface area contributed by atoms with Crippen LogP contribution in [-0.2, 0) is 23.1 Å². The lowest BCUT2D eigenvalue weighted by atomic mass is 9.98. The van der Waals surface area contributed by atoms with Gasteiger partial charge in [-0.1, -0.05) is 12.1 Å². The molecule has 1 unspecified atom stereocenters. The summed E-state index contributed by atoms with van der Waals surface area (Å²) < 4.78 is 81.9. The highest BCUT2D eigenvalue weighted by atomic mass is 32.2. The van der Waals surface area contributed by atoms with Crippen LogP contribution in [0.4, 0.5) is 33.7 Å². The maximum Gasteiger partial charge on any atom is 0.325 e. The second-order valence-corrected chi connectivity index (χ2v) is 10.8. The van der Waals surface area contributed by atoms with E-state index in [1.165, 1.54) is 34.1 Å². The summed E-state index contributed by atoms with van der Waals surface area (Å²) in [6.45, 7) is 0.823. The fraction of sp³-hybridized carbons (Fsp3) is 0.231. The number of sulfonamides is 1. The van der Waals surface area contributed by atoms with Crippen molar-refractivity contribution in [2.75, 3.05) is 22.9 Å². The standard InChI is InChI=1S/C26H24F4N4O4S/c1-14-17-8-7-15(25(35)31-12-18-21(29)10-16(27)11-22(18)30)9-24(17)34(26(36)33(14)2)13-19-20(28)5-4-6-23(19)32-39(3,37)38/h4-11,14,32H,12-13H2,1-3H3,(H,31,35). The van der Waals surface area contributed by atoms with Gasteiger partial charge in [0, 0.05) is 42.4 Å². The molecule has 39 heavy (non-hydrogen) atoms. The first-order chi connectivity index (χ1) is 18.3. The van der Waals surface area contributed by atoms with Gasteiger partial charge in [0.15, 0.2) is 0 Å². The molecular weight excluding hydrogens is 540 g/mol. The van der Waals surface area contributed by atoms with Gasteiger partial charge in [-0.2, -0.15) is 0 Å². The average Bonchev–Trinajstić information content (AvgIpc) is 2.84. The van der Waals surface area contributed by atoms with E-state index in [-0.39, 0.29) is 29.0 Å². The molecular formula is C26H24F4N4O4S. The van der Waals surface area contributed by atoms with Crippen molar-refractivity contribution in [1.29, 1.82) is 0 Å². The van der Waals surface area contributed by atoms with Crippen LogP contribution in [0.25, 0.3) is 0 Å². The van der Waals surface area contributed by atoms with Gasteiger partial charge in [0.25, 0.3) is 5.91 Å². The fourth-order valence-electron chi connectivity index (χ4n) is 4.28. The van der Waals surface area contributed by atoms with Gasteiger partial charge in [-0.25, -0.2) is 30.8 Å². The number of fused-ring (bicyclic) bond motifs is 1. The number of halogens is 4. The molecule has 2 N–H and O–H groups in total. The van der Waals surface area contributed by atoms with Crippen molar-refractivity contribution >= 4 is 33.3 Å². The second-order valence-electron chi connectivity index (χ2n) is 9.10. The largest absolute Gasteiger partial charge is 0.348 e. The van der Waals surface area contributed by atoms with E-state index in [2.05, 4.69) is 10.0 Å². The molecule has 0 radical (unpaired) electrons. The molecule has 1 aliphatic rings. The molecule has 4 rings (SSSR count). The zero-order chi connectivity index (χ0) is 28.6. The number of nitrogens with one attached hydrogen (secondary N) is 2. The van der Waals surface area contributed by atoms with Crippen molar-refractivity contribution in [1.82, 2.24) is 10.2 Å². The lowest BCUT2D eigenvalue weighted by Gasteiger charge is -2.40. The molecule has 0 saturated heterocycles. The highest BCUT2D eigenvalue weighted by Crippen LogP contribution is 2.38. The molecule has 0 bridgehead atoms. The topological polar surface area (TPSA) is 98.8 Å². The summed E-state index contributed by atoms with van der Waals surface area (Å²) >= 11 is 0. The van der Waals surface area contributed by atoms with E-state index in [1.807, 2.05) is 0 Å². The van der Waals surface area contributed by atoms with Crippen LogP contribution in [-0.4, -0.2) is 38.6 Å². The lowest BCUT2D eigenvalue weighted by molar-refractivity contribution is 0.0950. The van der Waals surface area contributed by atoms with E-state index in [0.717, 1.165) is 12.3 Å². The lowest BCUT2D eigenvalue weighted by Crippen LogP contribution is -2.46. The molecule has 0 aromatic heterocycles. The number of amides is 3. The van der Waals surface area contributed by atoms with Gasteiger partial charge in [-0.3, -0.25) is 14.4 Å². The molecule has 0 spiro atoms. The van der Waals surface area contributed by atoms with Crippen LogP contribution in [0.2, 0.25) is 0 Å². The Balaban J connectivity index is 1.68. The highest BCUT2D eigenvalue weighted by Gasteiger charge is 2.34. The zero-order valence-corrected chi connectivity index (χ0v) is 21.9.